The SMILES string of the molecule is Cc1ccc(OCC(O)CNc2cc(C)ccc2Cl)cc1. The number of ether oxygens (including phenoxy) is 1. The maximum Gasteiger partial charge on any atom is 0.119 e. The van der Waals surface area contributed by atoms with Crippen molar-refractivity contribution in [2.75, 3.05) is 18.5 Å². The predicted molar refractivity (Wildman–Crippen MR) is 87.4 cm³/mol. The molecule has 1 atom stereocenters. The summed E-state index contributed by atoms with van der Waals surface area (Å²) in [6, 6.07) is 13.5. The highest BCUT2D eigenvalue weighted by atomic mass is 35.5. The van der Waals surface area contributed by atoms with E-state index in [9.17, 15) is 5.11 Å². The van der Waals surface area contributed by atoms with Crippen molar-refractivity contribution in [2.24, 2.45) is 0 Å². The number of nitrogens with one attached hydrogen (secondary N) is 1. The maximum absolute atomic E-state index is 9.96. The van der Waals surface area contributed by atoms with E-state index in [-0.39, 0.29) is 6.61 Å². The molecular formula is C17H20ClNO2. The van der Waals surface area contributed by atoms with E-state index in [0.717, 1.165) is 17.0 Å². The summed E-state index contributed by atoms with van der Waals surface area (Å²) in [4.78, 5) is 0. The van der Waals surface area contributed by atoms with Crippen LogP contribution in [-0.2, 0) is 0 Å². The van der Waals surface area contributed by atoms with E-state index in [1.54, 1.807) is 0 Å². The summed E-state index contributed by atoms with van der Waals surface area (Å²) in [5, 5.41) is 13.7. The van der Waals surface area contributed by atoms with Gasteiger partial charge in [-0.3, -0.25) is 0 Å². The van der Waals surface area contributed by atoms with Gasteiger partial charge in [-0.15, -0.1) is 0 Å². The van der Waals surface area contributed by atoms with Crippen molar-refractivity contribution >= 4 is 17.3 Å². The molecule has 21 heavy (non-hydrogen) atoms. The van der Waals surface area contributed by atoms with Crippen molar-refractivity contribution < 1.29 is 9.84 Å². The van der Waals surface area contributed by atoms with E-state index < -0.39 is 6.10 Å². The molecule has 0 radical (unpaired) electrons. The lowest BCUT2D eigenvalue weighted by molar-refractivity contribution is 0.117. The molecule has 2 rings (SSSR count). The average molecular weight is 306 g/mol. The van der Waals surface area contributed by atoms with E-state index >= 15 is 0 Å². The molecule has 3 nitrogen and oxygen atoms in total. The smallest absolute Gasteiger partial charge is 0.119 e. The number of benzene rings is 2. The minimum atomic E-state index is -0.608. The Morgan fingerprint density at radius 1 is 1.10 bits per heavy atom. The van der Waals surface area contributed by atoms with E-state index in [2.05, 4.69) is 5.32 Å². The van der Waals surface area contributed by atoms with Crippen molar-refractivity contribution in [3.05, 3.63) is 58.6 Å². The van der Waals surface area contributed by atoms with E-state index in [0.29, 0.717) is 11.6 Å². The summed E-state index contributed by atoms with van der Waals surface area (Å²) in [6.45, 7) is 4.64. The summed E-state index contributed by atoms with van der Waals surface area (Å²) in [6.07, 6.45) is -0.608. The van der Waals surface area contributed by atoms with Gasteiger partial charge < -0.3 is 15.2 Å². The third kappa shape index (κ3) is 4.96. The van der Waals surface area contributed by atoms with Gasteiger partial charge in [-0.2, -0.15) is 0 Å². The lowest BCUT2D eigenvalue weighted by Crippen LogP contribution is -2.26. The number of halogens is 1. The van der Waals surface area contributed by atoms with Crippen LogP contribution in [0.4, 0.5) is 5.69 Å². The normalized spacial score (nSPS) is 12.0. The standard InChI is InChI=1S/C17H20ClNO2/c1-12-3-6-15(7-4-12)21-11-14(20)10-19-17-9-13(2)5-8-16(17)18/h3-9,14,19-20H,10-11H2,1-2H3. The second-order valence-electron chi connectivity index (χ2n) is 5.14. The van der Waals surface area contributed by atoms with Gasteiger partial charge in [0, 0.05) is 6.54 Å². The number of anilines is 1. The predicted octanol–water partition coefficient (Wildman–Crippen LogP) is 3.81. The molecule has 0 amide bonds. The molecule has 0 bridgehead atoms. The molecule has 0 aliphatic carbocycles. The zero-order valence-corrected chi connectivity index (χ0v) is 13.0. The van der Waals surface area contributed by atoms with Gasteiger partial charge in [-0.25, -0.2) is 0 Å². The number of aliphatic hydroxyl groups is 1. The topological polar surface area (TPSA) is 41.5 Å². The van der Waals surface area contributed by atoms with Crippen LogP contribution in [0.2, 0.25) is 5.02 Å². The second-order valence-corrected chi connectivity index (χ2v) is 5.55. The van der Waals surface area contributed by atoms with Gasteiger partial charge in [0.2, 0.25) is 0 Å². The van der Waals surface area contributed by atoms with Crippen LogP contribution in [0.1, 0.15) is 11.1 Å². The lowest BCUT2D eigenvalue weighted by Gasteiger charge is -2.15. The van der Waals surface area contributed by atoms with Gasteiger partial charge in [-0.05, 0) is 43.7 Å². The molecule has 1 unspecified atom stereocenters. The van der Waals surface area contributed by atoms with Gasteiger partial charge in [0.25, 0.3) is 0 Å². The molecule has 0 spiro atoms. The van der Waals surface area contributed by atoms with Crippen LogP contribution in [-0.4, -0.2) is 24.4 Å². The first-order chi connectivity index (χ1) is 10.0. The largest absolute Gasteiger partial charge is 0.491 e. The number of aliphatic hydroxyl groups excluding tert-OH is 1. The summed E-state index contributed by atoms with van der Waals surface area (Å²) in [7, 11) is 0. The number of hydrogen-bond donors (Lipinski definition) is 2. The van der Waals surface area contributed by atoms with Gasteiger partial charge in [0.15, 0.2) is 0 Å². The molecular weight excluding hydrogens is 286 g/mol. The molecule has 0 heterocycles. The molecule has 4 heteroatoms. The van der Waals surface area contributed by atoms with Crippen molar-refractivity contribution in [3.8, 4) is 5.75 Å². The minimum Gasteiger partial charge on any atom is -0.491 e. The molecule has 0 aromatic heterocycles. The Morgan fingerprint density at radius 3 is 2.48 bits per heavy atom. The molecule has 0 aliphatic rings. The van der Waals surface area contributed by atoms with Crippen molar-refractivity contribution in [2.45, 2.75) is 20.0 Å². The van der Waals surface area contributed by atoms with Gasteiger partial charge in [0.1, 0.15) is 18.5 Å². The Morgan fingerprint density at radius 2 is 1.76 bits per heavy atom. The molecule has 0 fully saturated rings. The van der Waals surface area contributed by atoms with Gasteiger partial charge >= 0.3 is 0 Å². The summed E-state index contributed by atoms with van der Waals surface area (Å²) >= 11 is 6.09. The number of rotatable bonds is 6. The molecule has 2 aromatic carbocycles. The van der Waals surface area contributed by atoms with Crippen molar-refractivity contribution in [3.63, 3.8) is 0 Å². The number of hydrogen-bond acceptors (Lipinski definition) is 3. The monoisotopic (exact) mass is 305 g/mol. The first kappa shape index (κ1) is 15.7. The van der Waals surface area contributed by atoms with E-state index in [1.165, 1.54) is 5.56 Å². The van der Waals surface area contributed by atoms with Crippen molar-refractivity contribution in [1.29, 1.82) is 0 Å². The van der Waals surface area contributed by atoms with Crippen LogP contribution in [0.15, 0.2) is 42.5 Å². The summed E-state index contributed by atoms with van der Waals surface area (Å²) in [5.74, 6) is 0.758. The van der Waals surface area contributed by atoms with Crippen LogP contribution in [0.3, 0.4) is 0 Å². The molecule has 0 saturated carbocycles. The van der Waals surface area contributed by atoms with Crippen LogP contribution < -0.4 is 10.1 Å². The van der Waals surface area contributed by atoms with Crippen LogP contribution in [0.5, 0.6) is 5.75 Å². The minimum absolute atomic E-state index is 0.236. The highest BCUT2D eigenvalue weighted by Crippen LogP contribution is 2.22. The van der Waals surface area contributed by atoms with Crippen LogP contribution in [0.25, 0.3) is 0 Å². The second kappa shape index (κ2) is 7.34. The van der Waals surface area contributed by atoms with Crippen molar-refractivity contribution in [1.82, 2.24) is 0 Å². The zero-order chi connectivity index (χ0) is 15.2. The summed E-state index contributed by atoms with van der Waals surface area (Å²) in [5.41, 5.74) is 3.12. The fraction of sp³-hybridized carbons (Fsp3) is 0.294. The quantitative estimate of drug-likeness (QED) is 0.853. The first-order valence-electron chi connectivity index (χ1n) is 6.92. The first-order valence-corrected chi connectivity index (χ1v) is 7.30. The Labute approximate surface area is 130 Å². The molecule has 0 saturated heterocycles. The zero-order valence-electron chi connectivity index (χ0n) is 12.3. The van der Waals surface area contributed by atoms with Crippen LogP contribution in [0, 0.1) is 13.8 Å². The van der Waals surface area contributed by atoms with E-state index in [4.69, 9.17) is 16.3 Å². The van der Waals surface area contributed by atoms with Gasteiger partial charge in [0.05, 0.1) is 10.7 Å². The summed E-state index contributed by atoms with van der Waals surface area (Å²) < 4.78 is 5.54. The van der Waals surface area contributed by atoms with Gasteiger partial charge in [-0.1, -0.05) is 35.4 Å². The maximum atomic E-state index is 9.96. The van der Waals surface area contributed by atoms with Crippen LogP contribution >= 0.6 is 11.6 Å². The highest BCUT2D eigenvalue weighted by Gasteiger charge is 2.07. The lowest BCUT2D eigenvalue weighted by atomic mass is 10.2. The Hall–Kier alpha value is -1.71. The Kier molecular flexibility index (Phi) is 5.48. The molecule has 2 aromatic rings. The third-order valence-corrected chi connectivity index (χ3v) is 3.44. The highest BCUT2D eigenvalue weighted by molar-refractivity contribution is 6.33. The Balaban J connectivity index is 1.80. The molecule has 112 valence electrons. The van der Waals surface area contributed by atoms with E-state index in [1.807, 2.05) is 56.3 Å². The number of aryl methyl sites for hydroxylation is 2. The molecule has 0 aliphatic heterocycles. The average Bonchev–Trinajstić information content (AvgIpc) is 2.47. The Bertz CT molecular complexity index is 584. The fourth-order valence-electron chi connectivity index (χ4n) is 1.89. The fourth-order valence-corrected chi connectivity index (χ4v) is 2.07. The third-order valence-electron chi connectivity index (χ3n) is 3.11. The molecule has 2 N–H and O–H groups in total.